The summed E-state index contributed by atoms with van der Waals surface area (Å²) >= 11 is 0. The van der Waals surface area contributed by atoms with Crippen LogP contribution in [0.2, 0.25) is 0 Å². The van der Waals surface area contributed by atoms with Crippen molar-refractivity contribution in [2.24, 2.45) is 0 Å². The van der Waals surface area contributed by atoms with E-state index in [2.05, 4.69) is 25.5 Å². The first-order valence-electron chi connectivity index (χ1n) is 7.57. The minimum Gasteiger partial charge on any atom is -0.450 e. The molecule has 7 heteroatoms. The molecule has 0 amide bonds. The average molecular weight is 307 g/mol. The van der Waals surface area contributed by atoms with Crippen LogP contribution >= 0.6 is 0 Å². The summed E-state index contributed by atoms with van der Waals surface area (Å²) in [5.74, 6) is 2.36. The molecule has 114 valence electrons. The summed E-state index contributed by atoms with van der Waals surface area (Å²) in [6, 6.07) is 7.80. The summed E-state index contributed by atoms with van der Waals surface area (Å²) in [7, 11) is 0. The Bertz CT molecular complexity index is 1000. The van der Waals surface area contributed by atoms with E-state index in [1.165, 1.54) is 6.33 Å². The standard InChI is InChI=1S/C16H13N5O2/c1-2-4-11-10(3-1)13-14(22-11)15(19-8-18-13)17-7-12-20-21-16(23-12)9-5-6-9/h1-4,8-9H,5-7H2,(H,17,18,19). The molecule has 1 aromatic carbocycles. The molecule has 1 N–H and O–H groups in total. The molecule has 1 saturated carbocycles. The third-order valence-electron chi connectivity index (χ3n) is 3.97. The highest BCUT2D eigenvalue weighted by atomic mass is 16.4. The molecule has 0 bridgehead atoms. The van der Waals surface area contributed by atoms with Gasteiger partial charge in [-0.05, 0) is 25.0 Å². The van der Waals surface area contributed by atoms with Crippen LogP contribution in [0.4, 0.5) is 5.82 Å². The summed E-state index contributed by atoms with van der Waals surface area (Å²) in [6.07, 6.45) is 3.80. The van der Waals surface area contributed by atoms with Gasteiger partial charge in [-0.1, -0.05) is 12.1 Å². The normalized spacial score (nSPS) is 14.6. The van der Waals surface area contributed by atoms with E-state index in [0.29, 0.717) is 29.8 Å². The first-order valence-corrected chi connectivity index (χ1v) is 7.57. The highest BCUT2D eigenvalue weighted by Gasteiger charge is 2.29. The van der Waals surface area contributed by atoms with Crippen molar-refractivity contribution in [3.63, 3.8) is 0 Å². The van der Waals surface area contributed by atoms with Crippen molar-refractivity contribution >= 4 is 27.9 Å². The zero-order valence-corrected chi connectivity index (χ0v) is 12.2. The molecule has 0 atom stereocenters. The number of aromatic nitrogens is 4. The summed E-state index contributed by atoms with van der Waals surface area (Å²) in [5.41, 5.74) is 2.22. The molecule has 5 rings (SSSR count). The lowest BCUT2D eigenvalue weighted by molar-refractivity contribution is 0.457. The van der Waals surface area contributed by atoms with Crippen LogP contribution in [0.1, 0.15) is 30.5 Å². The lowest BCUT2D eigenvalue weighted by Crippen LogP contribution is -2.02. The second kappa shape index (κ2) is 4.77. The van der Waals surface area contributed by atoms with Gasteiger partial charge in [-0.25, -0.2) is 9.97 Å². The van der Waals surface area contributed by atoms with Crippen LogP contribution in [0.3, 0.4) is 0 Å². The van der Waals surface area contributed by atoms with Crippen LogP contribution in [-0.4, -0.2) is 20.2 Å². The van der Waals surface area contributed by atoms with Gasteiger partial charge >= 0.3 is 0 Å². The van der Waals surface area contributed by atoms with Crippen LogP contribution in [0.5, 0.6) is 0 Å². The molecule has 1 aliphatic carbocycles. The van der Waals surface area contributed by atoms with E-state index in [4.69, 9.17) is 8.83 Å². The molecular formula is C16H13N5O2. The van der Waals surface area contributed by atoms with E-state index in [0.717, 1.165) is 35.2 Å². The molecule has 0 radical (unpaired) electrons. The fourth-order valence-electron chi connectivity index (χ4n) is 2.64. The Morgan fingerprint density at radius 2 is 2.00 bits per heavy atom. The number of hydrogen-bond acceptors (Lipinski definition) is 7. The molecule has 7 nitrogen and oxygen atoms in total. The van der Waals surface area contributed by atoms with Crippen LogP contribution < -0.4 is 5.32 Å². The monoisotopic (exact) mass is 307 g/mol. The van der Waals surface area contributed by atoms with Gasteiger partial charge in [0.25, 0.3) is 0 Å². The van der Waals surface area contributed by atoms with Gasteiger partial charge in [0.15, 0.2) is 11.4 Å². The minimum atomic E-state index is 0.406. The van der Waals surface area contributed by atoms with E-state index in [9.17, 15) is 0 Å². The van der Waals surface area contributed by atoms with Gasteiger partial charge in [0.1, 0.15) is 17.4 Å². The second-order valence-corrected chi connectivity index (χ2v) is 5.66. The maximum atomic E-state index is 5.87. The van der Waals surface area contributed by atoms with Gasteiger partial charge in [-0.3, -0.25) is 0 Å². The predicted molar refractivity (Wildman–Crippen MR) is 82.9 cm³/mol. The third kappa shape index (κ3) is 2.12. The smallest absolute Gasteiger partial charge is 0.235 e. The number of furan rings is 1. The summed E-state index contributed by atoms with van der Waals surface area (Å²) < 4.78 is 11.5. The van der Waals surface area contributed by atoms with Crippen molar-refractivity contribution in [1.82, 2.24) is 20.2 Å². The fourth-order valence-corrected chi connectivity index (χ4v) is 2.64. The maximum absolute atomic E-state index is 5.87. The van der Waals surface area contributed by atoms with Gasteiger partial charge < -0.3 is 14.2 Å². The van der Waals surface area contributed by atoms with E-state index in [1.54, 1.807) is 0 Å². The number of nitrogens with zero attached hydrogens (tertiary/aromatic N) is 4. The molecule has 1 fully saturated rings. The van der Waals surface area contributed by atoms with Crippen molar-refractivity contribution < 1.29 is 8.83 Å². The number of hydrogen-bond donors (Lipinski definition) is 1. The lowest BCUT2D eigenvalue weighted by atomic mass is 10.2. The first kappa shape index (κ1) is 12.6. The number of benzene rings is 1. The Labute approximate surface area is 130 Å². The highest BCUT2D eigenvalue weighted by molar-refractivity contribution is 6.05. The Kier molecular flexibility index (Phi) is 2.61. The first-order chi connectivity index (χ1) is 11.4. The Balaban J connectivity index is 1.47. The fraction of sp³-hybridized carbons (Fsp3) is 0.250. The minimum absolute atomic E-state index is 0.406. The van der Waals surface area contributed by atoms with E-state index < -0.39 is 0 Å². The Hall–Kier alpha value is -2.96. The summed E-state index contributed by atoms with van der Waals surface area (Å²) in [5, 5.41) is 12.3. The van der Waals surface area contributed by atoms with Gasteiger partial charge in [-0.2, -0.15) is 0 Å². The SMILES string of the molecule is c1ccc2c(c1)oc1c(NCc3nnc(C4CC4)o3)ncnc12. The molecule has 23 heavy (non-hydrogen) atoms. The summed E-state index contributed by atoms with van der Waals surface area (Å²) in [4.78, 5) is 8.59. The van der Waals surface area contributed by atoms with Crippen LogP contribution in [0.25, 0.3) is 22.1 Å². The van der Waals surface area contributed by atoms with Crippen molar-refractivity contribution in [3.8, 4) is 0 Å². The quantitative estimate of drug-likeness (QED) is 0.619. The van der Waals surface area contributed by atoms with Gasteiger partial charge in [0.05, 0.1) is 6.54 Å². The molecule has 3 aromatic heterocycles. The zero-order chi connectivity index (χ0) is 15.2. The third-order valence-corrected chi connectivity index (χ3v) is 3.97. The molecular weight excluding hydrogens is 294 g/mol. The highest BCUT2D eigenvalue weighted by Crippen LogP contribution is 2.39. The van der Waals surface area contributed by atoms with Crippen LogP contribution in [-0.2, 0) is 6.54 Å². The topological polar surface area (TPSA) is 89.9 Å². The van der Waals surface area contributed by atoms with Crippen molar-refractivity contribution in [1.29, 1.82) is 0 Å². The second-order valence-electron chi connectivity index (χ2n) is 5.66. The molecule has 3 heterocycles. The van der Waals surface area contributed by atoms with E-state index in [1.807, 2.05) is 24.3 Å². The van der Waals surface area contributed by atoms with Gasteiger partial charge in [0.2, 0.25) is 11.8 Å². The molecule has 4 aromatic rings. The predicted octanol–water partition coefficient (Wildman–Crippen LogP) is 3.25. The molecule has 0 spiro atoms. The number of rotatable bonds is 4. The van der Waals surface area contributed by atoms with Crippen LogP contribution in [0.15, 0.2) is 39.4 Å². The molecule has 1 aliphatic rings. The average Bonchev–Trinajstić information content (AvgIpc) is 3.20. The number of anilines is 1. The maximum Gasteiger partial charge on any atom is 0.235 e. The lowest BCUT2D eigenvalue weighted by Gasteiger charge is -2.01. The Morgan fingerprint density at radius 3 is 2.91 bits per heavy atom. The number of para-hydroxylation sites is 1. The Morgan fingerprint density at radius 1 is 1.09 bits per heavy atom. The van der Waals surface area contributed by atoms with E-state index in [-0.39, 0.29) is 0 Å². The molecule has 0 aliphatic heterocycles. The number of nitrogens with one attached hydrogen (secondary N) is 1. The van der Waals surface area contributed by atoms with E-state index >= 15 is 0 Å². The number of fused-ring (bicyclic) bond motifs is 3. The van der Waals surface area contributed by atoms with Gasteiger partial charge in [-0.15, -0.1) is 10.2 Å². The van der Waals surface area contributed by atoms with Crippen LogP contribution in [0, 0.1) is 0 Å². The van der Waals surface area contributed by atoms with Crippen molar-refractivity contribution in [2.45, 2.75) is 25.3 Å². The molecule has 0 saturated heterocycles. The van der Waals surface area contributed by atoms with Crippen molar-refractivity contribution in [2.75, 3.05) is 5.32 Å². The van der Waals surface area contributed by atoms with Gasteiger partial charge in [0, 0.05) is 11.3 Å². The molecule has 0 unspecified atom stereocenters. The van der Waals surface area contributed by atoms with Crippen molar-refractivity contribution in [3.05, 3.63) is 42.4 Å². The summed E-state index contributed by atoms with van der Waals surface area (Å²) in [6.45, 7) is 0.406. The largest absolute Gasteiger partial charge is 0.450 e. The zero-order valence-electron chi connectivity index (χ0n) is 12.2.